The van der Waals surface area contributed by atoms with E-state index < -0.39 is 0 Å². The van der Waals surface area contributed by atoms with Gasteiger partial charge in [-0.1, -0.05) is 26.0 Å². The fraction of sp³-hybridized carbons (Fsp3) is 0.429. The Morgan fingerprint density at radius 1 is 1.21 bits per heavy atom. The first-order valence-electron chi connectivity index (χ1n) is 9.80. The number of rotatable bonds is 4. The van der Waals surface area contributed by atoms with Gasteiger partial charge in [0.2, 0.25) is 11.9 Å². The van der Waals surface area contributed by atoms with Crippen LogP contribution in [0.1, 0.15) is 39.5 Å². The van der Waals surface area contributed by atoms with Crippen LogP contribution in [0.5, 0.6) is 0 Å². The zero-order chi connectivity index (χ0) is 19.9. The Morgan fingerprint density at radius 3 is 2.68 bits per heavy atom. The lowest BCUT2D eigenvalue weighted by atomic mass is 9.82. The lowest BCUT2D eigenvalue weighted by molar-refractivity contribution is -0.121. The van der Waals surface area contributed by atoms with E-state index in [1.54, 1.807) is 23.0 Å². The summed E-state index contributed by atoms with van der Waals surface area (Å²) in [5.74, 6) is 0.620. The van der Waals surface area contributed by atoms with Crippen molar-refractivity contribution in [3.63, 3.8) is 0 Å². The zero-order valence-electron chi connectivity index (χ0n) is 16.3. The quantitative estimate of drug-likeness (QED) is 0.675. The Hall–Kier alpha value is -2.38. The maximum atomic E-state index is 12.5. The number of aromatic nitrogens is 3. The first-order chi connectivity index (χ1) is 13.7. The minimum atomic E-state index is -0.0284. The monoisotopic (exact) mass is 398 g/mol. The number of hydrogen-bond acceptors (Lipinski definition) is 6. The van der Waals surface area contributed by atoms with E-state index in [0.29, 0.717) is 11.9 Å². The van der Waals surface area contributed by atoms with E-state index >= 15 is 0 Å². The van der Waals surface area contributed by atoms with Crippen LogP contribution in [0.25, 0.3) is 21.3 Å². The summed E-state index contributed by atoms with van der Waals surface area (Å²) in [4.78, 5) is 26.5. The van der Waals surface area contributed by atoms with Crippen molar-refractivity contribution in [3.8, 4) is 10.4 Å². The molecule has 0 spiro atoms. The number of hydrogen-bond donors (Lipinski definition) is 2. The van der Waals surface area contributed by atoms with Gasteiger partial charge in [-0.15, -0.1) is 11.3 Å². The molecule has 2 aromatic heterocycles. The highest BCUT2D eigenvalue weighted by atomic mass is 32.1. The predicted molar refractivity (Wildman–Crippen MR) is 113 cm³/mol. The highest BCUT2D eigenvalue weighted by Gasteiger charge is 2.26. The van der Waals surface area contributed by atoms with E-state index in [4.69, 9.17) is 0 Å². The van der Waals surface area contributed by atoms with Gasteiger partial charge in [0.05, 0.1) is 15.9 Å². The van der Waals surface area contributed by atoms with E-state index in [1.165, 1.54) is 0 Å². The topological polar surface area (TPSA) is 88.0 Å². The molecule has 4 rings (SSSR count). The Labute approximate surface area is 169 Å². The average molecular weight is 399 g/mol. The van der Waals surface area contributed by atoms with Crippen LogP contribution in [0.4, 0.5) is 5.95 Å². The molecule has 2 heterocycles. The van der Waals surface area contributed by atoms with E-state index in [1.807, 2.05) is 38.2 Å². The molecule has 1 saturated carbocycles. The standard InChI is InChI=1S/C19H20N4O2S.C2H6/c24-10-12-1-3-13(4-2-12)18(25)23-19-21-8-15-6-5-14(7-16(15)22-19)17-9-20-11-26-17;1-2/h5-9,11-13,24H,1-4,10H2,(H,21,22,23,25);1-2H3. The fourth-order valence-electron chi connectivity index (χ4n) is 3.41. The summed E-state index contributed by atoms with van der Waals surface area (Å²) in [5, 5.41) is 13.0. The van der Waals surface area contributed by atoms with Crippen LogP contribution in [0.2, 0.25) is 0 Å². The van der Waals surface area contributed by atoms with Gasteiger partial charge in [0.1, 0.15) is 0 Å². The second-order valence-corrected chi connectivity index (χ2v) is 7.61. The molecule has 0 saturated heterocycles. The summed E-state index contributed by atoms with van der Waals surface area (Å²) >= 11 is 1.58. The summed E-state index contributed by atoms with van der Waals surface area (Å²) in [6, 6.07) is 6.00. The predicted octanol–water partition coefficient (Wildman–Crippen LogP) is 4.52. The van der Waals surface area contributed by atoms with Crippen LogP contribution >= 0.6 is 11.3 Å². The number of nitrogens with zero attached hydrogens (tertiary/aromatic N) is 3. The van der Waals surface area contributed by atoms with Crippen molar-refractivity contribution >= 4 is 34.1 Å². The first kappa shape index (κ1) is 20.4. The molecule has 0 aliphatic heterocycles. The molecule has 0 atom stereocenters. The van der Waals surface area contributed by atoms with Crippen molar-refractivity contribution < 1.29 is 9.90 Å². The van der Waals surface area contributed by atoms with Gasteiger partial charge in [0.25, 0.3) is 0 Å². The molecule has 1 amide bonds. The minimum Gasteiger partial charge on any atom is -0.396 e. The van der Waals surface area contributed by atoms with Gasteiger partial charge in [-0.2, -0.15) is 0 Å². The van der Waals surface area contributed by atoms with E-state index in [-0.39, 0.29) is 18.4 Å². The molecule has 0 radical (unpaired) electrons. The molecule has 1 aliphatic carbocycles. The number of amides is 1. The van der Waals surface area contributed by atoms with Crippen molar-refractivity contribution in [2.75, 3.05) is 11.9 Å². The molecule has 1 aliphatic rings. The number of aliphatic hydroxyl groups is 1. The number of carbonyl (C=O) groups excluding carboxylic acids is 1. The maximum absolute atomic E-state index is 12.5. The summed E-state index contributed by atoms with van der Waals surface area (Å²) in [6.45, 7) is 4.21. The summed E-state index contributed by atoms with van der Waals surface area (Å²) < 4.78 is 0. The molecular weight excluding hydrogens is 372 g/mol. The van der Waals surface area contributed by atoms with Gasteiger partial charge in [0, 0.05) is 30.3 Å². The van der Waals surface area contributed by atoms with Gasteiger partial charge >= 0.3 is 0 Å². The lowest BCUT2D eigenvalue weighted by Crippen LogP contribution is -2.28. The molecule has 1 fully saturated rings. The molecule has 28 heavy (non-hydrogen) atoms. The first-order valence-corrected chi connectivity index (χ1v) is 10.7. The van der Waals surface area contributed by atoms with Crippen LogP contribution in [0, 0.1) is 11.8 Å². The fourth-order valence-corrected chi connectivity index (χ4v) is 4.03. The number of nitrogens with one attached hydrogen (secondary N) is 1. The van der Waals surface area contributed by atoms with Crippen LogP contribution in [-0.4, -0.2) is 32.6 Å². The Kier molecular flexibility index (Phi) is 7.06. The van der Waals surface area contributed by atoms with Crippen molar-refractivity contribution in [2.24, 2.45) is 11.8 Å². The molecule has 0 unspecified atom stereocenters. The highest BCUT2D eigenvalue weighted by Crippen LogP contribution is 2.29. The molecule has 3 aromatic rings. The maximum Gasteiger partial charge on any atom is 0.229 e. The van der Waals surface area contributed by atoms with E-state index in [9.17, 15) is 9.90 Å². The third kappa shape index (κ3) is 4.72. The number of benzene rings is 1. The number of thiazole rings is 1. The SMILES string of the molecule is CC.O=C(Nc1ncc2ccc(-c3cncs3)cc2n1)C1CCC(CO)CC1. The molecule has 148 valence electrons. The lowest BCUT2D eigenvalue weighted by Gasteiger charge is -2.26. The van der Waals surface area contributed by atoms with Crippen LogP contribution in [0.3, 0.4) is 0 Å². The third-order valence-corrected chi connectivity index (χ3v) is 5.83. The van der Waals surface area contributed by atoms with Crippen LogP contribution in [-0.2, 0) is 4.79 Å². The largest absolute Gasteiger partial charge is 0.396 e. The Morgan fingerprint density at radius 2 is 2.00 bits per heavy atom. The van der Waals surface area contributed by atoms with Crippen molar-refractivity contribution in [3.05, 3.63) is 36.1 Å². The second-order valence-electron chi connectivity index (χ2n) is 6.72. The summed E-state index contributed by atoms with van der Waals surface area (Å²) in [5.41, 5.74) is 3.65. The van der Waals surface area contributed by atoms with Crippen molar-refractivity contribution in [1.82, 2.24) is 15.0 Å². The highest BCUT2D eigenvalue weighted by molar-refractivity contribution is 7.13. The normalized spacial score (nSPS) is 19.0. The van der Waals surface area contributed by atoms with Crippen molar-refractivity contribution in [1.29, 1.82) is 0 Å². The molecular formula is C21H26N4O2S. The number of aliphatic hydroxyl groups excluding tert-OH is 1. The summed E-state index contributed by atoms with van der Waals surface area (Å²) in [6.07, 6.45) is 6.96. The van der Waals surface area contributed by atoms with E-state index in [0.717, 1.165) is 47.0 Å². The minimum absolute atomic E-state index is 0.0272. The number of fused-ring (bicyclic) bond motifs is 1. The van der Waals surface area contributed by atoms with Crippen molar-refractivity contribution in [2.45, 2.75) is 39.5 Å². The van der Waals surface area contributed by atoms with E-state index in [2.05, 4.69) is 20.3 Å². The van der Waals surface area contributed by atoms with Crippen LogP contribution < -0.4 is 5.32 Å². The number of anilines is 1. The summed E-state index contributed by atoms with van der Waals surface area (Å²) in [7, 11) is 0. The molecule has 7 heteroatoms. The second kappa shape index (κ2) is 9.71. The van der Waals surface area contributed by atoms with Gasteiger partial charge in [0.15, 0.2) is 0 Å². The Balaban J connectivity index is 0.00000109. The molecule has 2 N–H and O–H groups in total. The molecule has 6 nitrogen and oxygen atoms in total. The Bertz CT molecular complexity index is 906. The zero-order valence-corrected chi connectivity index (χ0v) is 17.1. The number of carbonyl (C=O) groups is 1. The molecule has 0 bridgehead atoms. The van der Waals surface area contributed by atoms with Gasteiger partial charge in [-0.3, -0.25) is 15.1 Å². The average Bonchev–Trinajstić information content (AvgIpc) is 3.30. The van der Waals surface area contributed by atoms with Gasteiger partial charge < -0.3 is 5.11 Å². The smallest absolute Gasteiger partial charge is 0.229 e. The molecule has 1 aromatic carbocycles. The van der Waals surface area contributed by atoms with Crippen LogP contribution in [0.15, 0.2) is 36.1 Å². The van der Waals surface area contributed by atoms with Gasteiger partial charge in [-0.25, -0.2) is 9.97 Å². The van der Waals surface area contributed by atoms with Gasteiger partial charge in [-0.05, 0) is 43.2 Å². The third-order valence-electron chi connectivity index (χ3n) is 5.01.